The van der Waals surface area contributed by atoms with Crippen LogP contribution in [-0.4, -0.2) is 36.4 Å². The average Bonchev–Trinajstić information content (AvgIpc) is 2.77. The first kappa shape index (κ1) is 21.9. The number of carbonyl (C=O) groups is 1. The minimum Gasteiger partial charge on any atom is -0.388 e. The van der Waals surface area contributed by atoms with Crippen LogP contribution in [0.5, 0.6) is 0 Å². The molecule has 2 unspecified atom stereocenters. The van der Waals surface area contributed by atoms with Crippen molar-refractivity contribution in [2.24, 2.45) is 5.92 Å². The van der Waals surface area contributed by atoms with Gasteiger partial charge in [0, 0.05) is 18.0 Å². The maximum Gasteiger partial charge on any atom is 0.167 e. The summed E-state index contributed by atoms with van der Waals surface area (Å²) in [6.07, 6.45) is 1.56. The van der Waals surface area contributed by atoms with Crippen LogP contribution >= 0.6 is 0 Å². The minimum atomic E-state index is -0.584. The molecule has 0 bridgehead atoms. The first-order valence-electron chi connectivity index (χ1n) is 10.6. The fourth-order valence-electron chi connectivity index (χ4n) is 3.83. The number of nitrogens with zero attached hydrogens (tertiary/aromatic N) is 1. The highest BCUT2D eigenvalue weighted by Crippen LogP contribution is 2.23. The molecule has 0 radical (unpaired) electrons. The molecular weight excluding hydrogens is 370 g/mol. The van der Waals surface area contributed by atoms with E-state index in [1.54, 1.807) is 0 Å². The van der Waals surface area contributed by atoms with Crippen molar-refractivity contribution < 1.29 is 9.90 Å². The van der Waals surface area contributed by atoms with Gasteiger partial charge in [-0.15, -0.1) is 0 Å². The number of aliphatic hydroxyl groups excluding tert-OH is 1. The van der Waals surface area contributed by atoms with E-state index in [9.17, 15) is 9.90 Å². The van der Waals surface area contributed by atoms with E-state index in [1.807, 2.05) is 74.8 Å². The van der Waals surface area contributed by atoms with Crippen LogP contribution in [-0.2, 0) is 12.8 Å². The average molecular weight is 402 g/mol. The van der Waals surface area contributed by atoms with Gasteiger partial charge in [0.2, 0.25) is 0 Å². The van der Waals surface area contributed by atoms with Gasteiger partial charge in [-0.1, -0.05) is 78.9 Å². The van der Waals surface area contributed by atoms with Crippen LogP contribution in [0.4, 0.5) is 0 Å². The normalized spacial score (nSPS) is 13.2. The van der Waals surface area contributed by atoms with Gasteiger partial charge in [-0.2, -0.15) is 0 Å². The SMILES string of the molecule is CN(C)CC(Cc1ccccc1)C(=O)c1cccc(C(O)CCc2ccccc2)c1. The quantitative estimate of drug-likeness (QED) is 0.488. The first-order chi connectivity index (χ1) is 14.5. The lowest BCUT2D eigenvalue weighted by molar-refractivity contribution is 0.0896. The van der Waals surface area contributed by atoms with E-state index in [1.165, 1.54) is 5.56 Å². The number of aliphatic hydroxyl groups is 1. The van der Waals surface area contributed by atoms with Gasteiger partial charge >= 0.3 is 0 Å². The summed E-state index contributed by atoms with van der Waals surface area (Å²) in [6.45, 7) is 0.689. The molecule has 0 fully saturated rings. The van der Waals surface area contributed by atoms with Crippen molar-refractivity contribution in [3.63, 3.8) is 0 Å². The topological polar surface area (TPSA) is 40.5 Å². The molecule has 3 heteroatoms. The third-order valence-corrected chi connectivity index (χ3v) is 5.39. The van der Waals surface area contributed by atoms with Crippen LogP contribution < -0.4 is 0 Å². The number of hydrogen-bond acceptors (Lipinski definition) is 3. The van der Waals surface area contributed by atoms with Crippen molar-refractivity contribution in [3.8, 4) is 0 Å². The fraction of sp³-hybridized carbons (Fsp3) is 0.296. The number of carbonyl (C=O) groups excluding carboxylic acids is 1. The zero-order chi connectivity index (χ0) is 21.3. The van der Waals surface area contributed by atoms with Crippen molar-refractivity contribution in [1.82, 2.24) is 4.90 Å². The summed E-state index contributed by atoms with van der Waals surface area (Å²) in [4.78, 5) is 15.4. The monoisotopic (exact) mass is 401 g/mol. The molecule has 0 aliphatic heterocycles. The van der Waals surface area contributed by atoms with Crippen molar-refractivity contribution in [2.75, 3.05) is 20.6 Å². The molecule has 0 heterocycles. The van der Waals surface area contributed by atoms with E-state index in [4.69, 9.17) is 0 Å². The molecule has 0 amide bonds. The van der Waals surface area contributed by atoms with Crippen molar-refractivity contribution in [2.45, 2.75) is 25.4 Å². The second-order valence-corrected chi connectivity index (χ2v) is 8.18. The van der Waals surface area contributed by atoms with E-state index in [0.29, 0.717) is 24.9 Å². The molecule has 0 aliphatic rings. The van der Waals surface area contributed by atoms with Crippen molar-refractivity contribution in [3.05, 3.63) is 107 Å². The summed E-state index contributed by atoms with van der Waals surface area (Å²) in [6, 6.07) is 27.8. The van der Waals surface area contributed by atoms with Crippen LogP contribution in [0, 0.1) is 5.92 Å². The van der Waals surface area contributed by atoms with Crippen LogP contribution in [0.2, 0.25) is 0 Å². The molecular formula is C27H31NO2. The van der Waals surface area contributed by atoms with E-state index in [-0.39, 0.29) is 11.7 Å². The third-order valence-electron chi connectivity index (χ3n) is 5.39. The Labute approximate surface area is 180 Å². The molecule has 3 aromatic carbocycles. The number of rotatable bonds is 10. The predicted molar refractivity (Wildman–Crippen MR) is 123 cm³/mol. The molecule has 3 nitrogen and oxygen atoms in total. The predicted octanol–water partition coefficient (Wildman–Crippen LogP) is 4.96. The van der Waals surface area contributed by atoms with E-state index >= 15 is 0 Å². The van der Waals surface area contributed by atoms with Crippen molar-refractivity contribution in [1.29, 1.82) is 0 Å². The first-order valence-corrected chi connectivity index (χ1v) is 10.6. The van der Waals surface area contributed by atoms with Gasteiger partial charge in [0.25, 0.3) is 0 Å². The van der Waals surface area contributed by atoms with E-state index in [0.717, 1.165) is 17.5 Å². The van der Waals surface area contributed by atoms with Gasteiger partial charge in [0.05, 0.1) is 6.10 Å². The van der Waals surface area contributed by atoms with Gasteiger partial charge in [0.1, 0.15) is 0 Å². The van der Waals surface area contributed by atoms with Gasteiger partial charge in [0.15, 0.2) is 5.78 Å². The summed E-state index contributed by atoms with van der Waals surface area (Å²) in [5.41, 5.74) is 3.85. The molecule has 30 heavy (non-hydrogen) atoms. The standard InChI is InChI=1S/C27H31NO2/c1-28(2)20-25(18-22-12-7-4-8-13-22)27(30)24-15-9-14-23(19-24)26(29)17-16-21-10-5-3-6-11-21/h3-15,19,25-26,29H,16-18,20H2,1-2H3. The van der Waals surface area contributed by atoms with Gasteiger partial charge < -0.3 is 10.0 Å². The zero-order valence-corrected chi connectivity index (χ0v) is 17.9. The molecule has 3 rings (SSSR count). The molecule has 2 atom stereocenters. The lowest BCUT2D eigenvalue weighted by atomic mass is 9.89. The second kappa shape index (κ2) is 10.9. The smallest absolute Gasteiger partial charge is 0.167 e. The Balaban J connectivity index is 1.72. The lowest BCUT2D eigenvalue weighted by Gasteiger charge is -2.21. The molecule has 0 spiro atoms. The zero-order valence-electron chi connectivity index (χ0n) is 17.9. The maximum absolute atomic E-state index is 13.3. The highest BCUT2D eigenvalue weighted by Gasteiger charge is 2.22. The number of benzene rings is 3. The summed E-state index contributed by atoms with van der Waals surface area (Å²) in [5, 5.41) is 10.7. The van der Waals surface area contributed by atoms with Gasteiger partial charge in [-0.25, -0.2) is 0 Å². The molecule has 0 saturated carbocycles. The maximum atomic E-state index is 13.3. The molecule has 3 aromatic rings. The Kier molecular flexibility index (Phi) is 7.95. The number of hydrogen-bond donors (Lipinski definition) is 1. The van der Waals surface area contributed by atoms with Crippen LogP contribution in [0.3, 0.4) is 0 Å². The van der Waals surface area contributed by atoms with Crippen molar-refractivity contribution >= 4 is 5.78 Å². The van der Waals surface area contributed by atoms with Crippen LogP contribution in [0.1, 0.15) is 39.6 Å². The van der Waals surface area contributed by atoms with Gasteiger partial charge in [-0.05, 0) is 56.1 Å². The Bertz CT molecular complexity index is 922. The summed E-state index contributed by atoms with van der Waals surface area (Å²) in [7, 11) is 3.99. The number of aryl methyl sites for hydroxylation is 1. The lowest BCUT2D eigenvalue weighted by Crippen LogP contribution is -2.29. The van der Waals surface area contributed by atoms with Gasteiger partial charge in [-0.3, -0.25) is 4.79 Å². The Morgan fingerprint density at radius 2 is 1.50 bits per heavy atom. The Morgan fingerprint density at radius 3 is 2.13 bits per heavy atom. The largest absolute Gasteiger partial charge is 0.388 e. The van der Waals surface area contributed by atoms with E-state index < -0.39 is 6.10 Å². The van der Waals surface area contributed by atoms with Crippen LogP contribution in [0.15, 0.2) is 84.9 Å². The highest BCUT2D eigenvalue weighted by atomic mass is 16.3. The summed E-state index contributed by atoms with van der Waals surface area (Å²) >= 11 is 0. The molecule has 156 valence electrons. The number of Topliss-reactive ketones (excluding diaryl/α,β-unsaturated/α-hetero) is 1. The van der Waals surface area contributed by atoms with E-state index in [2.05, 4.69) is 29.2 Å². The van der Waals surface area contributed by atoms with Crippen LogP contribution in [0.25, 0.3) is 0 Å². The summed E-state index contributed by atoms with van der Waals surface area (Å²) in [5.74, 6) is 0.00349. The molecule has 0 saturated heterocycles. The molecule has 0 aliphatic carbocycles. The second-order valence-electron chi connectivity index (χ2n) is 8.18. The third kappa shape index (κ3) is 6.38. The Hall–Kier alpha value is -2.75. The fourth-order valence-corrected chi connectivity index (χ4v) is 3.83. The number of ketones is 1. The molecule has 0 aromatic heterocycles. The minimum absolute atomic E-state index is 0.126. The summed E-state index contributed by atoms with van der Waals surface area (Å²) < 4.78 is 0. The Morgan fingerprint density at radius 1 is 0.867 bits per heavy atom. The highest BCUT2D eigenvalue weighted by molar-refractivity contribution is 5.98. The molecule has 1 N–H and O–H groups in total.